The zero-order chi connectivity index (χ0) is 15.2. The minimum Gasteiger partial charge on any atom is -0.481 e. The van der Waals surface area contributed by atoms with Crippen molar-refractivity contribution in [2.45, 2.75) is 25.4 Å². The number of amides is 1. The summed E-state index contributed by atoms with van der Waals surface area (Å²) in [5.74, 6) is -1.03. The summed E-state index contributed by atoms with van der Waals surface area (Å²) in [5, 5.41) is 12.6. The molecule has 0 aliphatic carbocycles. The van der Waals surface area contributed by atoms with Crippen molar-refractivity contribution in [2.24, 2.45) is 5.16 Å². The highest BCUT2D eigenvalue weighted by molar-refractivity contribution is 6.04. The molecule has 1 aromatic rings. The van der Waals surface area contributed by atoms with E-state index in [1.807, 2.05) is 30.3 Å². The fourth-order valence-electron chi connectivity index (χ4n) is 2.13. The van der Waals surface area contributed by atoms with E-state index in [1.165, 1.54) is 4.90 Å². The minimum absolute atomic E-state index is 0.0505. The molecule has 1 amide bonds. The second kappa shape index (κ2) is 6.88. The van der Waals surface area contributed by atoms with Crippen LogP contribution in [-0.2, 0) is 14.4 Å². The van der Waals surface area contributed by atoms with Gasteiger partial charge < -0.3 is 14.8 Å². The zero-order valence-corrected chi connectivity index (χ0v) is 11.9. The predicted octanol–water partition coefficient (Wildman–Crippen LogP) is 1.50. The molecule has 0 aromatic heterocycles. The van der Waals surface area contributed by atoms with Gasteiger partial charge in [0.15, 0.2) is 0 Å². The number of rotatable bonds is 6. The molecule has 0 radical (unpaired) electrons. The number of carbonyl (C=O) groups is 2. The maximum atomic E-state index is 12.2. The Kier molecular flexibility index (Phi) is 4.92. The van der Waals surface area contributed by atoms with E-state index in [4.69, 9.17) is 9.94 Å². The lowest BCUT2D eigenvalue weighted by Gasteiger charge is -2.19. The Balaban J connectivity index is 1.84. The average Bonchev–Trinajstić information content (AvgIpc) is 2.96. The summed E-state index contributed by atoms with van der Waals surface area (Å²) < 4.78 is 0. The summed E-state index contributed by atoms with van der Waals surface area (Å²) in [6.07, 6.45) is 0.299. The van der Waals surface area contributed by atoms with Crippen LogP contribution >= 0.6 is 0 Å². The van der Waals surface area contributed by atoms with Gasteiger partial charge >= 0.3 is 5.97 Å². The third kappa shape index (κ3) is 4.05. The topological polar surface area (TPSA) is 79.2 Å². The van der Waals surface area contributed by atoms with Crippen LogP contribution in [-0.4, -0.2) is 47.3 Å². The SMILES string of the molecule is CN(CCCC(=O)O)C(=O)C1CC(c2ccccc2)=NO1. The molecule has 0 saturated carbocycles. The number of hydrogen-bond donors (Lipinski definition) is 1. The van der Waals surface area contributed by atoms with Gasteiger partial charge in [-0.25, -0.2) is 0 Å². The minimum atomic E-state index is -0.859. The van der Waals surface area contributed by atoms with Crippen LogP contribution in [0.25, 0.3) is 0 Å². The van der Waals surface area contributed by atoms with Gasteiger partial charge in [0.25, 0.3) is 5.91 Å². The number of aliphatic carboxylic acids is 1. The molecule has 2 rings (SSSR count). The Hall–Kier alpha value is -2.37. The van der Waals surface area contributed by atoms with Gasteiger partial charge in [0.2, 0.25) is 6.10 Å². The molecule has 1 atom stereocenters. The monoisotopic (exact) mass is 290 g/mol. The van der Waals surface area contributed by atoms with Crippen LogP contribution in [0.15, 0.2) is 35.5 Å². The molecule has 6 nitrogen and oxygen atoms in total. The lowest BCUT2D eigenvalue weighted by atomic mass is 10.0. The summed E-state index contributed by atoms with van der Waals surface area (Å²) >= 11 is 0. The van der Waals surface area contributed by atoms with Gasteiger partial charge in [-0.15, -0.1) is 0 Å². The standard InChI is InChI=1S/C15H18N2O4/c1-17(9-5-8-14(18)19)15(20)13-10-12(16-21-13)11-6-3-2-4-7-11/h2-4,6-7,13H,5,8-10H2,1H3,(H,18,19). The van der Waals surface area contributed by atoms with E-state index in [-0.39, 0.29) is 12.3 Å². The van der Waals surface area contributed by atoms with Crippen LogP contribution in [0.3, 0.4) is 0 Å². The molecule has 0 spiro atoms. The van der Waals surface area contributed by atoms with Gasteiger partial charge in [-0.3, -0.25) is 9.59 Å². The molecule has 1 aliphatic heterocycles. The predicted molar refractivity (Wildman–Crippen MR) is 77.0 cm³/mol. The number of hydrogen-bond acceptors (Lipinski definition) is 4. The molecule has 112 valence electrons. The molecule has 0 bridgehead atoms. The normalized spacial score (nSPS) is 17.0. The number of carboxylic acid groups (broad SMARTS) is 1. The lowest BCUT2D eigenvalue weighted by molar-refractivity contribution is -0.142. The third-order valence-corrected chi connectivity index (χ3v) is 3.31. The Morgan fingerprint density at radius 2 is 2.10 bits per heavy atom. The summed E-state index contributed by atoms with van der Waals surface area (Å²) in [6.45, 7) is 0.395. The molecule has 1 aliphatic rings. The van der Waals surface area contributed by atoms with E-state index in [0.29, 0.717) is 19.4 Å². The summed E-state index contributed by atoms with van der Waals surface area (Å²) in [4.78, 5) is 29.3. The highest BCUT2D eigenvalue weighted by Gasteiger charge is 2.30. The smallest absolute Gasteiger partial charge is 0.303 e. The maximum absolute atomic E-state index is 12.2. The fraction of sp³-hybridized carbons (Fsp3) is 0.400. The van der Waals surface area contributed by atoms with Crippen molar-refractivity contribution in [3.63, 3.8) is 0 Å². The summed E-state index contributed by atoms with van der Waals surface area (Å²) in [6, 6.07) is 9.58. The van der Waals surface area contributed by atoms with Crippen molar-refractivity contribution < 1.29 is 19.5 Å². The van der Waals surface area contributed by atoms with Crippen molar-refractivity contribution in [3.8, 4) is 0 Å². The first-order valence-electron chi connectivity index (χ1n) is 6.83. The van der Waals surface area contributed by atoms with Gasteiger partial charge in [-0.05, 0) is 12.0 Å². The molecule has 1 unspecified atom stereocenters. The van der Waals surface area contributed by atoms with E-state index >= 15 is 0 Å². The molecule has 6 heteroatoms. The molecule has 1 heterocycles. The maximum Gasteiger partial charge on any atom is 0.303 e. The van der Waals surface area contributed by atoms with E-state index in [0.717, 1.165) is 11.3 Å². The Labute approximate surface area is 123 Å². The van der Waals surface area contributed by atoms with Gasteiger partial charge in [0.05, 0.1) is 5.71 Å². The van der Waals surface area contributed by atoms with Crippen LogP contribution < -0.4 is 0 Å². The van der Waals surface area contributed by atoms with E-state index in [1.54, 1.807) is 7.05 Å². The molecule has 0 saturated heterocycles. The van der Waals surface area contributed by atoms with Crippen LogP contribution in [0.4, 0.5) is 0 Å². The first kappa shape index (κ1) is 15.0. The van der Waals surface area contributed by atoms with Gasteiger partial charge in [-0.2, -0.15) is 0 Å². The number of oxime groups is 1. The van der Waals surface area contributed by atoms with Crippen molar-refractivity contribution in [1.29, 1.82) is 0 Å². The number of nitrogens with zero attached hydrogens (tertiary/aromatic N) is 2. The second-order valence-corrected chi connectivity index (χ2v) is 4.96. The van der Waals surface area contributed by atoms with Gasteiger partial charge in [-0.1, -0.05) is 35.5 Å². The Bertz CT molecular complexity index is 542. The average molecular weight is 290 g/mol. The van der Waals surface area contributed by atoms with Crippen LogP contribution in [0.5, 0.6) is 0 Å². The molecular weight excluding hydrogens is 272 g/mol. The van der Waals surface area contributed by atoms with E-state index in [2.05, 4.69) is 5.16 Å². The van der Waals surface area contributed by atoms with Crippen LogP contribution in [0.1, 0.15) is 24.8 Å². The van der Waals surface area contributed by atoms with Crippen molar-refractivity contribution in [3.05, 3.63) is 35.9 Å². The van der Waals surface area contributed by atoms with Crippen molar-refractivity contribution >= 4 is 17.6 Å². The van der Waals surface area contributed by atoms with E-state index in [9.17, 15) is 9.59 Å². The number of benzene rings is 1. The highest BCUT2D eigenvalue weighted by Crippen LogP contribution is 2.18. The van der Waals surface area contributed by atoms with E-state index < -0.39 is 12.1 Å². The van der Waals surface area contributed by atoms with Gasteiger partial charge in [0.1, 0.15) is 0 Å². The Morgan fingerprint density at radius 1 is 1.38 bits per heavy atom. The number of carbonyl (C=O) groups excluding carboxylic acids is 1. The molecule has 21 heavy (non-hydrogen) atoms. The number of carboxylic acids is 1. The zero-order valence-electron chi connectivity index (χ0n) is 11.9. The Morgan fingerprint density at radius 3 is 2.76 bits per heavy atom. The molecule has 0 fully saturated rings. The fourth-order valence-corrected chi connectivity index (χ4v) is 2.13. The van der Waals surface area contributed by atoms with Gasteiger partial charge in [0, 0.05) is 26.4 Å². The first-order chi connectivity index (χ1) is 10.1. The van der Waals surface area contributed by atoms with Crippen LogP contribution in [0.2, 0.25) is 0 Å². The number of likely N-dealkylation sites (N-methyl/N-ethyl adjacent to an activating group) is 1. The summed E-state index contributed by atoms with van der Waals surface area (Å²) in [7, 11) is 1.65. The molecule has 1 aromatic carbocycles. The molecule has 1 N–H and O–H groups in total. The lowest BCUT2D eigenvalue weighted by Crippen LogP contribution is -2.37. The third-order valence-electron chi connectivity index (χ3n) is 3.31. The van der Waals surface area contributed by atoms with Crippen LogP contribution in [0, 0.1) is 0 Å². The second-order valence-electron chi connectivity index (χ2n) is 4.96. The quantitative estimate of drug-likeness (QED) is 0.861. The van der Waals surface area contributed by atoms with Crippen molar-refractivity contribution in [2.75, 3.05) is 13.6 Å². The summed E-state index contributed by atoms with van der Waals surface area (Å²) in [5.41, 5.74) is 1.70. The largest absolute Gasteiger partial charge is 0.481 e. The van der Waals surface area contributed by atoms with Crippen molar-refractivity contribution in [1.82, 2.24) is 4.90 Å². The molecular formula is C15H18N2O4. The first-order valence-corrected chi connectivity index (χ1v) is 6.83. The highest BCUT2D eigenvalue weighted by atomic mass is 16.6.